The average Bonchev–Trinajstić information content (AvgIpc) is 3.09. The summed E-state index contributed by atoms with van der Waals surface area (Å²) in [4.78, 5) is 0. The van der Waals surface area contributed by atoms with E-state index in [9.17, 15) is 26.3 Å². The van der Waals surface area contributed by atoms with E-state index < -0.39 is 23.5 Å². The highest BCUT2D eigenvalue weighted by Gasteiger charge is 2.42. The molecule has 0 unspecified atom stereocenters. The first-order valence-electron chi connectivity index (χ1n) is 5.72. The number of hydrogen-bond acceptors (Lipinski definition) is 0. The molecule has 0 bridgehead atoms. The molecule has 0 amide bonds. The fraction of sp³-hybridized carbons (Fsp3) is 0.462. The molecule has 1 aromatic rings. The van der Waals surface area contributed by atoms with Gasteiger partial charge in [-0.15, -0.1) is 0 Å². The quantitative estimate of drug-likeness (QED) is 0.524. The molecular formula is C13H11F6+. The summed E-state index contributed by atoms with van der Waals surface area (Å²) in [6.45, 7) is 1.59. The lowest BCUT2D eigenvalue weighted by atomic mass is 9.92. The molecule has 0 N–H and O–H groups in total. The molecule has 0 nitrogen and oxygen atoms in total. The van der Waals surface area contributed by atoms with Crippen molar-refractivity contribution < 1.29 is 26.3 Å². The summed E-state index contributed by atoms with van der Waals surface area (Å²) < 4.78 is 75.8. The third-order valence-electron chi connectivity index (χ3n) is 3.23. The van der Waals surface area contributed by atoms with Crippen molar-refractivity contribution in [3.8, 4) is 0 Å². The van der Waals surface area contributed by atoms with E-state index in [1.807, 2.05) is 0 Å². The number of hydrogen-bond donors (Lipinski definition) is 0. The molecule has 1 aliphatic rings. The molecule has 0 atom stereocenters. The monoisotopic (exact) mass is 281 g/mol. The van der Waals surface area contributed by atoms with Gasteiger partial charge in [-0.1, -0.05) is 0 Å². The molecule has 0 heterocycles. The van der Waals surface area contributed by atoms with Gasteiger partial charge in [0, 0.05) is 18.8 Å². The Hall–Kier alpha value is -1.33. The summed E-state index contributed by atoms with van der Waals surface area (Å²) >= 11 is 0. The van der Waals surface area contributed by atoms with Crippen LogP contribution in [-0.2, 0) is 12.4 Å². The average molecular weight is 281 g/mol. The third kappa shape index (κ3) is 3.16. The molecule has 2 rings (SSSR count). The Labute approximate surface area is 106 Å². The van der Waals surface area contributed by atoms with Gasteiger partial charge in [0.2, 0.25) is 0 Å². The lowest BCUT2D eigenvalue weighted by molar-refractivity contribution is -0.143. The topological polar surface area (TPSA) is 0 Å². The Morgan fingerprint density at radius 2 is 1.32 bits per heavy atom. The second kappa shape index (κ2) is 4.35. The summed E-state index contributed by atoms with van der Waals surface area (Å²) in [5.41, 5.74) is -2.47. The van der Waals surface area contributed by atoms with Gasteiger partial charge in [0.25, 0.3) is 0 Å². The zero-order valence-corrected chi connectivity index (χ0v) is 9.99. The maximum absolute atomic E-state index is 12.6. The highest BCUT2D eigenvalue weighted by molar-refractivity contribution is 5.41. The van der Waals surface area contributed by atoms with Gasteiger partial charge >= 0.3 is 12.4 Å². The predicted octanol–water partition coefficient (Wildman–Crippen LogP) is 5.08. The van der Waals surface area contributed by atoms with Crippen molar-refractivity contribution >= 4 is 0 Å². The predicted molar refractivity (Wildman–Crippen MR) is 57.2 cm³/mol. The van der Waals surface area contributed by atoms with E-state index in [2.05, 4.69) is 0 Å². The minimum atomic E-state index is -4.78. The van der Waals surface area contributed by atoms with Gasteiger partial charge in [-0.3, -0.25) is 0 Å². The molecule has 6 heteroatoms. The molecule has 1 fully saturated rings. The van der Waals surface area contributed by atoms with E-state index in [1.165, 1.54) is 0 Å². The normalized spacial score (nSPS) is 16.6. The lowest BCUT2D eigenvalue weighted by Gasteiger charge is -2.11. The van der Waals surface area contributed by atoms with Crippen LogP contribution in [0.15, 0.2) is 18.2 Å². The summed E-state index contributed by atoms with van der Waals surface area (Å²) in [5, 5.41) is 0. The smallest absolute Gasteiger partial charge is 0.165 e. The molecule has 1 aliphatic carbocycles. The molecule has 104 valence electrons. The van der Waals surface area contributed by atoms with E-state index in [-0.39, 0.29) is 17.5 Å². The molecule has 1 saturated carbocycles. The van der Waals surface area contributed by atoms with Crippen LogP contribution in [-0.4, -0.2) is 0 Å². The first kappa shape index (κ1) is 14.1. The van der Waals surface area contributed by atoms with Crippen LogP contribution in [0.5, 0.6) is 0 Å². The first-order valence-corrected chi connectivity index (χ1v) is 5.72. The summed E-state index contributed by atoms with van der Waals surface area (Å²) in [7, 11) is 0. The van der Waals surface area contributed by atoms with E-state index >= 15 is 0 Å². The van der Waals surface area contributed by atoms with Gasteiger partial charge in [-0.25, -0.2) is 0 Å². The minimum Gasteiger partial charge on any atom is -0.165 e. The summed E-state index contributed by atoms with van der Waals surface area (Å²) in [5.74, 6) is 0.709. The highest BCUT2D eigenvalue weighted by atomic mass is 19.4. The summed E-state index contributed by atoms with van der Waals surface area (Å²) in [6.07, 6.45) is -7.91. The number of alkyl halides is 6. The van der Waals surface area contributed by atoms with Crippen molar-refractivity contribution in [3.05, 3.63) is 40.8 Å². The standard InChI is InChI=1S/C13H11F6/c1-7(8-2-3-8)9-4-10(12(14,15)16)6-11(5-9)13(17,18)19/h4-6,8H,2-3H2,1H3/q+1. The van der Waals surface area contributed by atoms with E-state index in [0.29, 0.717) is 5.92 Å². The molecule has 1 aromatic carbocycles. The molecule has 0 aliphatic heterocycles. The van der Waals surface area contributed by atoms with Crippen molar-refractivity contribution in [2.45, 2.75) is 32.1 Å². The van der Waals surface area contributed by atoms with E-state index in [4.69, 9.17) is 0 Å². The van der Waals surface area contributed by atoms with Crippen LogP contribution in [0.2, 0.25) is 0 Å². The Kier molecular flexibility index (Phi) is 3.23. The minimum absolute atomic E-state index is 0.0321. The van der Waals surface area contributed by atoms with Crippen LogP contribution >= 0.6 is 0 Å². The fourth-order valence-electron chi connectivity index (χ4n) is 1.93. The zero-order chi connectivity index (χ0) is 14.4. The Balaban J connectivity index is 2.48. The second-order valence-electron chi connectivity index (χ2n) is 4.75. The first-order chi connectivity index (χ1) is 8.59. The fourth-order valence-corrected chi connectivity index (χ4v) is 1.93. The zero-order valence-electron chi connectivity index (χ0n) is 9.99. The highest BCUT2D eigenvalue weighted by Crippen LogP contribution is 2.44. The van der Waals surface area contributed by atoms with Crippen LogP contribution in [0.25, 0.3) is 0 Å². The van der Waals surface area contributed by atoms with Crippen LogP contribution in [0, 0.1) is 11.8 Å². The Morgan fingerprint density at radius 3 is 1.63 bits per heavy atom. The van der Waals surface area contributed by atoms with Crippen molar-refractivity contribution in [1.29, 1.82) is 0 Å². The van der Waals surface area contributed by atoms with Crippen molar-refractivity contribution in [3.63, 3.8) is 0 Å². The second-order valence-corrected chi connectivity index (χ2v) is 4.75. The van der Waals surface area contributed by atoms with Gasteiger partial charge in [0.15, 0.2) is 0 Å². The largest absolute Gasteiger partial charge is 0.428 e. The molecule has 0 aromatic heterocycles. The van der Waals surface area contributed by atoms with Gasteiger partial charge in [0.05, 0.1) is 12.1 Å². The molecule has 0 spiro atoms. The Morgan fingerprint density at radius 1 is 0.895 bits per heavy atom. The van der Waals surface area contributed by atoms with Gasteiger partial charge in [-0.2, -0.15) is 26.3 Å². The van der Waals surface area contributed by atoms with E-state index in [0.717, 1.165) is 25.0 Å². The molecule has 19 heavy (non-hydrogen) atoms. The van der Waals surface area contributed by atoms with Crippen LogP contribution in [0.4, 0.5) is 26.3 Å². The van der Waals surface area contributed by atoms with Crippen molar-refractivity contribution in [2.75, 3.05) is 0 Å². The number of rotatable bonds is 2. The molecule has 0 radical (unpaired) electrons. The number of halogens is 6. The third-order valence-corrected chi connectivity index (χ3v) is 3.23. The molecular weight excluding hydrogens is 270 g/mol. The van der Waals surface area contributed by atoms with Crippen LogP contribution < -0.4 is 0 Å². The number of benzene rings is 1. The van der Waals surface area contributed by atoms with E-state index in [1.54, 1.807) is 6.92 Å². The maximum atomic E-state index is 12.6. The van der Waals surface area contributed by atoms with Crippen molar-refractivity contribution in [1.82, 2.24) is 0 Å². The van der Waals surface area contributed by atoms with Gasteiger partial charge in [0.1, 0.15) is 16.7 Å². The summed E-state index contributed by atoms with van der Waals surface area (Å²) in [6, 6.07) is 1.75. The Bertz CT molecular complexity index is 435. The lowest BCUT2D eigenvalue weighted by Crippen LogP contribution is -2.13. The SMILES string of the molecule is C[C+](c1cc(C(F)(F)F)cc(C(F)(F)F)c1)C1CC1. The van der Waals surface area contributed by atoms with Crippen LogP contribution in [0.3, 0.4) is 0 Å². The van der Waals surface area contributed by atoms with Gasteiger partial charge < -0.3 is 0 Å². The van der Waals surface area contributed by atoms with Gasteiger partial charge in [-0.05, 0) is 18.9 Å². The van der Waals surface area contributed by atoms with Crippen molar-refractivity contribution in [2.24, 2.45) is 5.92 Å². The van der Waals surface area contributed by atoms with Crippen LogP contribution in [0.1, 0.15) is 36.5 Å². The maximum Gasteiger partial charge on any atom is 0.428 e. The molecule has 0 saturated heterocycles.